The van der Waals surface area contributed by atoms with E-state index < -0.39 is 33.3 Å². The van der Waals surface area contributed by atoms with Crippen LogP contribution in [0.25, 0.3) is 0 Å². The molecule has 1 fully saturated rings. The summed E-state index contributed by atoms with van der Waals surface area (Å²) in [6.07, 6.45) is 1.62. The fraction of sp³-hybridized carbons (Fsp3) is 0.500. The number of rotatable bonds is 5. The van der Waals surface area contributed by atoms with Crippen LogP contribution >= 0.6 is 0 Å². The molecule has 9 nitrogen and oxygen atoms in total. The highest BCUT2D eigenvalue weighted by Gasteiger charge is 2.33. The second-order valence-corrected chi connectivity index (χ2v) is 13.8. The molecule has 1 aliphatic rings. The Morgan fingerprint density at radius 2 is 1.95 bits per heavy atom. The number of ether oxygens (including phenoxy) is 1. The number of carbonyl (C=O) groups excluding carboxylic acids is 2. The lowest BCUT2D eigenvalue weighted by Gasteiger charge is -2.25. The smallest absolute Gasteiger partial charge is 0.442 e. The number of anilines is 2. The van der Waals surface area contributed by atoms with Gasteiger partial charge in [0.05, 0.1) is 21.8 Å². The standard InChI is InChI=1S/C30H39F2N5O4S/c1-21-22(11-9-16-36(5)6)20-33-26(37-17-10-14-30(31,32)15-18-37)25(21)27(38)34-23-12-8-13-24(19-23)42(7,40)35-28(39)41-29(2,3)4/h8,12-13,19-20H,10,14-18H2,1-7H3,(H,34,38)/t42-/m1/s1. The zero-order valence-corrected chi connectivity index (χ0v) is 26.0. The molecule has 2 heterocycles. The third kappa shape index (κ3) is 9.22. The van der Waals surface area contributed by atoms with E-state index in [-0.39, 0.29) is 36.3 Å². The highest BCUT2D eigenvalue weighted by Crippen LogP contribution is 2.32. The molecule has 0 spiro atoms. The van der Waals surface area contributed by atoms with Gasteiger partial charge < -0.3 is 15.0 Å². The first kappa shape index (κ1) is 32.9. The van der Waals surface area contributed by atoms with Gasteiger partial charge in [-0.05, 0) is 72.0 Å². The first-order valence-electron chi connectivity index (χ1n) is 13.6. The summed E-state index contributed by atoms with van der Waals surface area (Å²) in [5.74, 6) is 3.10. The molecule has 0 bridgehead atoms. The highest BCUT2D eigenvalue weighted by molar-refractivity contribution is 7.93. The molecule has 3 rings (SSSR count). The number of amides is 2. The van der Waals surface area contributed by atoms with Crippen molar-refractivity contribution in [2.75, 3.05) is 50.2 Å². The Bertz CT molecular complexity index is 1520. The van der Waals surface area contributed by atoms with Crippen molar-refractivity contribution in [3.63, 3.8) is 0 Å². The van der Waals surface area contributed by atoms with E-state index in [1.165, 1.54) is 12.3 Å². The predicted octanol–water partition coefficient (Wildman–Crippen LogP) is 5.57. The van der Waals surface area contributed by atoms with Crippen molar-refractivity contribution >= 4 is 33.2 Å². The molecule has 42 heavy (non-hydrogen) atoms. The van der Waals surface area contributed by atoms with Crippen LogP contribution in [0.3, 0.4) is 0 Å². The topological polar surface area (TPSA) is 104 Å². The van der Waals surface area contributed by atoms with Gasteiger partial charge in [-0.15, -0.1) is 4.36 Å². The monoisotopic (exact) mass is 603 g/mol. The maximum Gasteiger partial charge on any atom is 0.442 e. The van der Waals surface area contributed by atoms with Gasteiger partial charge in [0, 0.05) is 54.5 Å². The second kappa shape index (κ2) is 13.2. The van der Waals surface area contributed by atoms with Gasteiger partial charge in [-0.1, -0.05) is 17.9 Å². The Hall–Kier alpha value is -3.56. The van der Waals surface area contributed by atoms with Gasteiger partial charge in [0.25, 0.3) is 5.91 Å². The van der Waals surface area contributed by atoms with E-state index in [1.807, 2.05) is 19.0 Å². The first-order valence-corrected chi connectivity index (χ1v) is 15.5. The Morgan fingerprint density at radius 1 is 1.24 bits per heavy atom. The van der Waals surface area contributed by atoms with E-state index in [0.29, 0.717) is 35.7 Å². The summed E-state index contributed by atoms with van der Waals surface area (Å²) in [5.41, 5.74) is 0.841. The van der Waals surface area contributed by atoms with Crippen LogP contribution in [-0.2, 0) is 14.5 Å². The quantitative estimate of drug-likeness (QED) is 0.446. The molecule has 228 valence electrons. The molecule has 12 heteroatoms. The third-order valence-corrected chi connectivity index (χ3v) is 7.98. The van der Waals surface area contributed by atoms with Gasteiger partial charge in [0.15, 0.2) is 0 Å². The van der Waals surface area contributed by atoms with E-state index in [9.17, 15) is 22.6 Å². The largest absolute Gasteiger partial charge is 0.442 e. The Balaban J connectivity index is 2.00. The third-order valence-electron chi connectivity index (χ3n) is 6.35. The maximum atomic E-state index is 14.1. The van der Waals surface area contributed by atoms with Crippen molar-refractivity contribution in [3.8, 4) is 11.8 Å². The number of hydrogen-bond acceptors (Lipinski definition) is 7. The predicted molar refractivity (Wildman–Crippen MR) is 161 cm³/mol. The van der Waals surface area contributed by atoms with Crippen molar-refractivity contribution in [1.82, 2.24) is 9.88 Å². The summed E-state index contributed by atoms with van der Waals surface area (Å²) in [7, 11) is 0.586. The highest BCUT2D eigenvalue weighted by atomic mass is 32.2. The Labute approximate surface area is 247 Å². The summed E-state index contributed by atoms with van der Waals surface area (Å²) >= 11 is 0. The van der Waals surface area contributed by atoms with Crippen molar-refractivity contribution < 1.29 is 27.3 Å². The van der Waals surface area contributed by atoms with Gasteiger partial charge in [0.2, 0.25) is 5.92 Å². The fourth-order valence-electron chi connectivity index (χ4n) is 4.27. The minimum Gasteiger partial charge on any atom is -0.442 e. The Morgan fingerprint density at radius 3 is 2.62 bits per heavy atom. The van der Waals surface area contributed by atoms with E-state index in [4.69, 9.17) is 4.74 Å². The SMILES string of the molecule is Cc1c(C#CCN(C)C)cnc(N2CCCC(F)(F)CC2)c1C(=O)Nc1cccc([S@@](C)(=O)=NC(=O)OC(C)(C)C)c1. The number of halogens is 2. The van der Waals surface area contributed by atoms with E-state index in [1.54, 1.807) is 57.0 Å². The molecule has 0 unspecified atom stereocenters. The Kier molecular flexibility index (Phi) is 10.3. The first-order chi connectivity index (χ1) is 19.5. The second-order valence-electron chi connectivity index (χ2n) is 11.6. The molecule has 1 aliphatic heterocycles. The summed E-state index contributed by atoms with van der Waals surface area (Å²) in [4.78, 5) is 34.4. The average molecular weight is 604 g/mol. The number of carbonyl (C=O) groups is 2. The minimum atomic E-state index is -3.19. The van der Waals surface area contributed by atoms with Crippen LogP contribution in [0.15, 0.2) is 39.7 Å². The number of nitrogens with one attached hydrogen (secondary N) is 1. The summed E-state index contributed by atoms with van der Waals surface area (Å²) in [6.45, 7) is 7.67. The minimum absolute atomic E-state index is 0.0466. The number of nitrogens with zero attached hydrogens (tertiary/aromatic N) is 4. The van der Waals surface area contributed by atoms with Gasteiger partial charge in [-0.25, -0.2) is 22.8 Å². The van der Waals surface area contributed by atoms with Crippen LogP contribution in [0.2, 0.25) is 0 Å². The normalized spacial score (nSPS) is 16.5. The van der Waals surface area contributed by atoms with Crippen LogP contribution in [0.5, 0.6) is 0 Å². The lowest BCUT2D eigenvalue weighted by atomic mass is 10.0. The molecule has 1 N–H and O–H groups in total. The van der Waals surface area contributed by atoms with Gasteiger partial charge in [-0.2, -0.15) is 0 Å². The van der Waals surface area contributed by atoms with Crippen molar-refractivity contribution in [1.29, 1.82) is 0 Å². The molecule has 1 saturated heterocycles. The molecule has 2 aromatic rings. The molecule has 0 saturated carbocycles. The zero-order valence-electron chi connectivity index (χ0n) is 25.2. The van der Waals surface area contributed by atoms with Crippen LogP contribution in [0.1, 0.15) is 61.5 Å². The molecular weight excluding hydrogens is 564 g/mol. The zero-order chi connectivity index (χ0) is 31.3. The molecular formula is C30H39F2N5O4S. The summed E-state index contributed by atoms with van der Waals surface area (Å²) < 4.78 is 50.5. The molecule has 1 aromatic carbocycles. The molecule has 1 atom stereocenters. The number of alkyl halides is 2. The lowest BCUT2D eigenvalue weighted by molar-refractivity contribution is -0.0102. The van der Waals surface area contributed by atoms with Gasteiger partial charge in [-0.3, -0.25) is 9.69 Å². The van der Waals surface area contributed by atoms with E-state index in [0.717, 1.165) is 0 Å². The number of aromatic nitrogens is 1. The summed E-state index contributed by atoms with van der Waals surface area (Å²) in [6, 6.07) is 6.22. The van der Waals surface area contributed by atoms with Gasteiger partial charge >= 0.3 is 6.09 Å². The van der Waals surface area contributed by atoms with E-state index >= 15 is 0 Å². The molecule has 1 aromatic heterocycles. The van der Waals surface area contributed by atoms with Crippen LogP contribution in [0.4, 0.5) is 25.1 Å². The van der Waals surface area contributed by atoms with Crippen LogP contribution in [0, 0.1) is 18.8 Å². The van der Waals surface area contributed by atoms with Crippen molar-refractivity contribution in [2.45, 2.75) is 63.4 Å². The maximum absolute atomic E-state index is 14.1. The van der Waals surface area contributed by atoms with E-state index in [2.05, 4.69) is 26.5 Å². The average Bonchev–Trinajstić information content (AvgIpc) is 3.03. The van der Waals surface area contributed by atoms with Gasteiger partial charge in [0.1, 0.15) is 11.4 Å². The number of hydrogen-bond donors (Lipinski definition) is 1. The van der Waals surface area contributed by atoms with Crippen LogP contribution < -0.4 is 10.2 Å². The lowest BCUT2D eigenvalue weighted by Crippen LogP contribution is -2.30. The number of pyridine rings is 1. The molecule has 0 radical (unpaired) electrons. The van der Waals surface area contributed by atoms with Crippen molar-refractivity contribution in [3.05, 3.63) is 47.2 Å². The number of benzene rings is 1. The summed E-state index contributed by atoms with van der Waals surface area (Å²) in [5, 5.41) is 2.82. The van der Waals surface area contributed by atoms with Crippen molar-refractivity contribution in [2.24, 2.45) is 4.36 Å². The molecule has 2 amide bonds. The molecule has 0 aliphatic carbocycles. The van der Waals surface area contributed by atoms with Crippen LogP contribution in [-0.4, -0.2) is 77.6 Å². The fourth-order valence-corrected chi connectivity index (χ4v) is 5.38.